The molecule has 1 aromatic heterocycles. The van der Waals surface area contributed by atoms with Crippen LogP contribution in [-0.2, 0) is 6.18 Å². The normalized spacial score (nSPS) is 11.3. The molecule has 0 aliphatic rings. The fourth-order valence-corrected chi connectivity index (χ4v) is 2.62. The van der Waals surface area contributed by atoms with Crippen molar-refractivity contribution in [3.8, 4) is 17.2 Å². The highest BCUT2D eigenvalue weighted by molar-refractivity contribution is 5.94. The van der Waals surface area contributed by atoms with Crippen molar-refractivity contribution in [2.75, 3.05) is 7.11 Å². The number of rotatable bonds is 7. The van der Waals surface area contributed by atoms with Crippen LogP contribution in [0.3, 0.4) is 0 Å². The average Bonchev–Trinajstić information content (AvgIpc) is 2.79. The Morgan fingerprint density at radius 3 is 2.55 bits per heavy atom. The third-order valence-corrected chi connectivity index (χ3v) is 4.19. The fourth-order valence-electron chi connectivity index (χ4n) is 2.62. The van der Waals surface area contributed by atoms with E-state index in [2.05, 4.69) is 15.5 Å². The molecular weight excluding hydrogens is 445 g/mol. The Hall–Kier alpha value is -4.48. The van der Waals surface area contributed by atoms with Crippen LogP contribution in [-0.4, -0.2) is 29.1 Å². The van der Waals surface area contributed by atoms with Gasteiger partial charge in [0.15, 0.2) is 11.5 Å². The molecule has 0 aliphatic heterocycles. The number of pyridine rings is 1. The molecule has 12 heteroatoms. The number of nitrogens with one attached hydrogen (secondary N) is 1. The van der Waals surface area contributed by atoms with E-state index in [0.717, 1.165) is 6.07 Å². The second-order valence-corrected chi connectivity index (χ2v) is 6.39. The third kappa shape index (κ3) is 5.81. The van der Waals surface area contributed by atoms with Crippen molar-refractivity contribution in [3.05, 3.63) is 87.7 Å². The molecule has 33 heavy (non-hydrogen) atoms. The van der Waals surface area contributed by atoms with Crippen LogP contribution in [0.1, 0.15) is 21.5 Å². The zero-order chi connectivity index (χ0) is 24.0. The zero-order valence-electron chi connectivity index (χ0n) is 16.9. The van der Waals surface area contributed by atoms with E-state index in [1.165, 1.54) is 43.9 Å². The fraction of sp³-hybridized carbons (Fsp3) is 0.0952. The van der Waals surface area contributed by atoms with Gasteiger partial charge in [0.2, 0.25) is 5.75 Å². The molecule has 1 amide bonds. The number of nitro groups is 1. The number of hydrogen-bond acceptors (Lipinski definition) is 7. The summed E-state index contributed by atoms with van der Waals surface area (Å²) in [7, 11) is 1.31. The first-order valence-electron chi connectivity index (χ1n) is 9.14. The summed E-state index contributed by atoms with van der Waals surface area (Å²) in [6, 6.07) is 9.47. The summed E-state index contributed by atoms with van der Waals surface area (Å²) >= 11 is 0. The van der Waals surface area contributed by atoms with E-state index < -0.39 is 34.0 Å². The van der Waals surface area contributed by atoms with Gasteiger partial charge in [0, 0.05) is 18.5 Å². The summed E-state index contributed by atoms with van der Waals surface area (Å²) in [6.07, 6.45) is -0.523. The third-order valence-electron chi connectivity index (χ3n) is 4.19. The van der Waals surface area contributed by atoms with Crippen LogP contribution < -0.4 is 14.9 Å². The average molecular weight is 460 g/mol. The number of carbonyl (C=O) groups is 1. The molecule has 3 aromatic rings. The lowest BCUT2D eigenvalue weighted by atomic mass is 10.1. The number of alkyl halides is 3. The Morgan fingerprint density at radius 1 is 1.15 bits per heavy atom. The van der Waals surface area contributed by atoms with E-state index in [0.29, 0.717) is 23.3 Å². The molecule has 0 saturated heterocycles. The van der Waals surface area contributed by atoms with Crippen molar-refractivity contribution >= 4 is 17.8 Å². The van der Waals surface area contributed by atoms with E-state index in [1.54, 1.807) is 12.1 Å². The number of carbonyl (C=O) groups excluding carboxylic acids is 1. The van der Waals surface area contributed by atoms with E-state index in [1.807, 2.05) is 0 Å². The minimum absolute atomic E-state index is 0.0249. The SMILES string of the molecule is COc1cc(/C=N/NC(=O)c2cccnc2)ccc1Oc1ccc(C(F)(F)F)cc1[N+](=O)[O-]. The summed E-state index contributed by atoms with van der Waals surface area (Å²) in [5.74, 6) is -0.707. The highest BCUT2D eigenvalue weighted by atomic mass is 19.4. The Bertz CT molecular complexity index is 1200. The van der Waals surface area contributed by atoms with Gasteiger partial charge in [-0.05, 0) is 48.0 Å². The van der Waals surface area contributed by atoms with Gasteiger partial charge in [0.25, 0.3) is 5.91 Å². The molecule has 0 bridgehead atoms. The van der Waals surface area contributed by atoms with Crippen molar-refractivity contribution in [3.63, 3.8) is 0 Å². The Balaban J connectivity index is 1.79. The molecule has 2 aromatic carbocycles. The topological polar surface area (TPSA) is 116 Å². The predicted molar refractivity (Wildman–Crippen MR) is 110 cm³/mol. The molecule has 170 valence electrons. The van der Waals surface area contributed by atoms with Gasteiger partial charge in [-0.1, -0.05) is 0 Å². The van der Waals surface area contributed by atoms with Crippen molar-refractivity contribution in [2.24, 2.45) is 5.10 Å². The maximum atomic E-state index is 12.9. The first-order valence-corrected chi connectivity index (χ1v) is 9.14. The predicted octanol–water partition coefficient (Wildman–Crippen LogP) is 4.57. The van der Waals surface area contributed by atoms with E-state index >= 15 is 0 Å². The molecule has 0 fully saturated rings. The number of halogens is 3. The molecule has 9 nitrogen and oxygen atoms in total. The largest absolute Gasteiger partial charge is 0.493 e. The Kier molecular flexibility index (Phi) is 6.86. The number of hydrogen-bond donors (Lipinski definition) is 1. The van der Waals surface area contributed by atoms with E-state index in [4.69, 9.17) is 9.47 Å². The van der Waals surface area contributed by atoms with E-state index in [-0.39, 0.29) is 11.5 Å². The van der Waals surface area contributed by atoms with Crippen LogP contribution in [0.5, 0.6) is 17.2 Å². The van der Waals surface area contributed by atoms with Crippen molar-refractivity contribution < 1.29 is 32.4 Å². The van der Waals surface area contributed by atoms with Gasteiger partial charge in [-0.2, -0.15) is 18.3 Å². The summed E-state index contributed by atoms with van der Waals surface area (Å²) in [5, 5.41) is 15.1. The van der Waals surface area contributed by atoms with Gasteiger partial charge in [0.05, 0.1) is 29.4 Å². The summed E-state index contributed by atoms with van der Waals surface area (Å²) in [5.41, 5.74) is 1.10. The lowest BCUT2D eigenvalue weighted by molar-refractivity contribution is -0.385. The van der Waals surface area contributed by atoms with Crippen LogP contribution in [0.15, 0.2) is 66.0 Å². The van der Waals surface area contributed by atoms with Gasteiger partial charge < -0.3 is 9.47 Å². The Morgan fingerprint density at radius 2 is 1.91 bits per heavy atom. The molecular formula is C21H15F3N4O5. The lowest BCUT2D eigenvalue weighted by Gasteiger charge is -2.12. The molecule has 0 atom stereocenters. The Labute approximate surface area is 184 Å². The van der Waals surface area contributed by atoms with Crippen LogP contribution in [0, 0.1) is 10.1 Å². The molecule has 3 rings (SSSR count). The monoisotopic (exact) mass is 460 g/mol. The van der Waals surface area contributed by atoms with Gasteiger partial charge in [0.1, 0.15) is 0 Å². The number of aromatic nitrogens is 1. The highest BCUT2D eigenvalue weighted by Gasteiger charge is 2.33. The van der Waals surface area contributed by atoms with Crippen molar-refractivity contribution in [1.29, 1.82) is 0 Å². The van der Waals surface area contributed by atoms with Crippen LogP contribution in [0.25, 0.3) is 0 Å². The minimum atomic E-state index is -4.74. The molecule has 0 unspecified atom stereocenters. The second-order valence-electron chi connectivity index (χ2n) is 6.39. The van der Waals surface area contributed by atoms with Gasteiger partial charge in [-0.25, -0.2) is 5.43 Å². The molecule has 0 spiro atoms. The molecule has 0 radical (unpaired) electrons. The molecule has 0 saturated carbocycles. The van der Waals surface area contributed by atoms with Gasteiger partial charge in [-0.15, -0.1) is 0 Å². The second kappa shape index (κ2) is 9.77. The highest BCUT2D eigenvalue weighted by Crippen LogP contribution is 2.40. The van der Waals surface area contributed by atoms with Crippen molar-refractivity contribution in [1.82, 2.24) is 10.4 Å². The van der Waals surface area contributed by atoms with Gasteiger partial charge >= 0.3 is 11.9 Å². The minimum Gasteiger partial charge on any atom is -0.493 e. The number of benzene rings is 2. The molecule has 1 N–H and O–H groups in total. The van der Waals surface area contributed by atoms with Crippen molar-refractivity contribution in [2.45, 2.75) is 6.18 Å². The molecule has 1 heterocycles. The zero-order valence-corrected chi connectivity index (χ0v) is 16.9. The number of ether oxygens (including phenoxy) is 2. The van der Waals surface area contributed by atoms with Gasteiger partial charge in [-0.3, -0.25) is 19.9 Å². The van der Waals surface area contributed by atoms with Crippen LogP contribution >= 0.6 is 0 Å². The number of hydrazone groups is 1. The molecule has 0 aliphatic carbocycles. The maximum Gasteiger partial charge on any atom is 0.416 e. The summed E-state index contributed by atoms with van der Waals surface area (Å²) < 4.78 is 49.3. The number of methoxy groups -OCH3 is 1. The summed E-state index contributed by atoms with van der Waals surface area (Å²) in [4.78, 5) is 26.1. The van der Waals surface area contributed by atoms with E-state index in [9.17, 15) is 28.1 Å². The smallest absolute Gasteiger partial charge is 0.416 e. The van der Waals surface area contributed by atoms with Crippen LogP contribution in [0.4, 0.5) is 18.9 Å². The van der Waals surface area contributed by atoms with Crippen LogP contribution in [0.2, 0.25) is 0 Å². The number of nitro benzene ring substituents is 1. The number of nitrogens with zero attached hydrogens (tertiary/aromatic N) is 3. The standard InChI is InChI=1S/C21H15F3N4O5/c1-32-19-9-13(11-26-27-20(29)14-3-2-8-25-12-14)4-6-18(19)33-17-7-5-15(21(22,23)24)10-16(17)28(30)31/h2-12H,1H3,(H,27,29)/b26-11+. The first kappa shape index (κ1) is 23.2. The summed E-state index contributed by atoms with van der Waals surface area (Å²) in [6.45, 7) is 0. The quantitative estimate of drug-likeness (QED) is 0.314. The number of amides is 1. The maximum absolute atomic E-state index is 12.9. The lowest BCUT2D eigenvalue weighted by Crippen LogP contribution is -2.17. The first-order chi connectivity index (χ1) is 15.7.